The van der Waals surface area contributed by atoms with Crippen LogP contribution >= 0.6 is 0 Å². The van der Waals surface area contributed by atoms with Crippen LogP contribution in [-0.4, -0.2) is 18.7 Å². The van der Waals surface area contributed by atoms with Gasteiger partial charge in [-0.25, -0.2) is 5.43 Å². The second-order valence-electron chi connectivity index (χ2n) is 5.36. The van der Waals surface area contributed by atoms with Crippen molar-refractivity contribution in [2.24, 2.45) is 16.9 Å². The first-order valence-electron chi connectivity index (χ1n) is 6.77. The zero-order chi connectivity index (χ0) is 13.2. The van der Waals surface area contributed by atoms with Crippen molar-refractivity contribution in [1.29, 1.82) is 0 Å². The van der Waals surface area contributed by atoms with E-state index in [0.717, 1.165) is 12.3 Å². The number of ether oxygens (including phenoxy) is 1. The first-order valence-corrected chi connectivity index (χ1v) is 6.77. The van der Waals surface area contributed by atoms with E-state index in [0.29, 0.717) is 17.2 Å². The summed E-state index contributed by atoms with van der Waals surface area (Å²) in [5, 5.41) is 4.31. The lowest BCUT2D eigenvalue weighted by molar-refractivity contribution is 0.0954. The number of hydrazone groups is 1. The number of nitrogens with one attached hydrogen (secondary N) is 1. The number of rotatable bonds is 3. The minimum Gasteiger partial charge on any atom is -0.497 e. The molecule has 3 rings (SSSR count). The maximum atomic E-state index is 12.0. The highest BCUT2D eigenvalue weighted by atomic mass is 16.5. The quantitative estimate of drug-likeness (QED) is 0.847. The molecule has 4 heteroatoms. The molecule has 2 aliphatic rings. The number of hydrogen-bond donors (Lipinski definition) is 1. The van der Waals surface area contributed by atoms with Crippen molar-refractivity contribution in [3.63, 3.8) is 0 Å². The standard InChI is InChI=1S/C15H18N2O2/c1-19-13-4-2-3-12(9-13)15(18)17-16-14-8-10-5-6-11(14)7-10/h2-4,9-11H,5-8H2,1H3,(H,17,18)/b16-14+/t10-,11-/m1/s1. The Kier molecular flexibility index (Phi) is 3.23. The minimum absolute atomic E-state index is 0.172. The summed E-state index contributed by atoms with van der Waals surface area (Å²) in [5.41, 5.74) is 4.42. The number of benzene rings is 1. The van der Waals surface area contributed by atoms with Crippen molar-refractivity contribution in [3.8, 4) is 5.75 Å². The molecule has 2 bridgehead atoms. The normalized spacial score (nSPS) is 26.7. The van der Waals surface area contributed by atoms with Crippen LogP contribution < -0.4 is 10.2 Å². The lowest BCUT2D eigenvalue weighted by Gasteiger charge is -2.11. The average molecular weight is 258 g/mol. The number of fused-ring (bicyclic) bond motifs is 2. The van der Waals surface area contributed by atoms with Crippen LogP contribution in [0.15, 0.2) is 29.4 Å². The summed E-state index contributed by atoms with van der Waals surface area (Å²) in [4.78, 5) is 12.0. The van der Waals surface area contributed by atoms with Crippen LogP contribution in [0.4, 0.5) is 0 Å². The second-order valence-corrected chi connectivity index (χ2v) is 5.36. The Labute approximate surface area is 112 Å². The van der Waals surface area contributed by atoms with Gasteiger partial charge < -0.3 is 4.74 Å². The Hall–Kier alpha value is -1.84. The molecule has 4 nitrogen and oxygen atoms in total. The molecule has 1 aromatic carbocycles. The highest BCUT2D eigenvalue weighted by Gasteiger charge is 2.36. The van der Waals surface area contributed by atoms with E-state index in [1.54, 1.807) is 25.3 Å². The van der Waals surface area contributed by atoms with Crippen molar-refractivity contribution in [2.45, 2.75) is 25.7 Å². The zero-order valence-electron chi connectivity index (χ0n) is 11.1. The number of methoxy groups -OCH3 is 1. The third kappa shape index (κ3) is 2.48. The number of amides is 1. The SMILES string of the molecule is COc1cccc(C(=O)N/N=C2\C[C@@H]3CC[C@@H]2C3)c1. The number of carbonyl (C=O) groups excluding carboxylic acids is 1. The first-order chi connectivity index (χ1) is 9.26. The van der Waals surface area contributed by atoms with Crippen molar-refractivity contribution in [2.75, 3.05) is 7.11 Å². The van der Waals surface area contributed by atoms with Gasteiger partial charge in [0.15, 0.2) is 0 Å². The van der Waals surface area contributed by atoms with Crippen molar-refractivity contribution >= 4 is 11.6 Å². The van der Waals surface area contributed by atoms with E-state index in [4.69, 9.17) is 4.74 Å². The molecule has 0 spiro atoms. The number of carbonyl (C=O) groups is 1. The molecule has 0 aliphatic heterocycles. The van der Waals surface area contributed by atoms with Gasteiger partial charge in [-0.2, -0.15) is 5.10 Å². The highest BCUT2D eigenvalue weighted by molar-refractivity contribution is 5.96. The van der Waals surface area contributed by atoms with Crippen LogP contribution in [0.1, 0.15) is 36.0 Å². The second kappa shape index (κ2) is 5.03. The zero-order valence-corrected chi connectivity index (χ0v) is 11.1. The lowest BCUT2D eigenvalue weighted by Crippen LogP contribution is -2.21. The van der Waals surface area contributed by atoms with E-state index < -0.39 is 0 Å². The maximum absolute atomic E-state index is 12.0. The summed E-state index contributed by atoms with van der Waals surface area (Å²) in [7, 11) is 1.59. The fourth-order valence-electron chi connectivity index (χ4n) is 3.11. The molecule has 19 heavy (non-hydrogen) atoms. The predicted molar refractivity (Wildman–Crippen MR) is 73.3 cm³/mol. The van der Waals surface area contributed by atoms with Crippen LogP contribution in [0.5, 0.6) is 5.75 Å². The van der Waals surface area contributed by atoms with Crippen LogP contribution in [0, 0.1) is 11.8 Å². The molecule has 1 aromatic rings. The summed E-state index contributed by atoms with van der Waals surface area (Å²) in [6.45, 7) is 0. The smallest absolute Gasteiger partial charge is 0.271 e. The molecule has 0 radical (unpaired) electrons. The molecule has 2 atom stereocenters. The van der Waals surface area contributed by atoms with Gasteiger partial charge >= 0.3 is 0 Å². The van der Waals surface area contributed by atoms with Crippen molar-refractivity contribution in [3.05, 3.63) is 29.8 Å². The summed E-state index contributed by atoms with van der Waals surface area (Å²) in [6.07, 6.45) is 4.88. The molecule has 1 amide bonds. The third-order valence-electron chi connectivity index (χ3n) is 4.14. The highest BCUT2D eigenvalue weighted by Crippen LogP contribution is 2.42. The summed E-state index contributed by atoms with van der Waals surface area (Å²) in [6, 6.07) is 7.10. The van der Waals surface area contributed by atoms with Crippen molar-refractivity contribution < 1.29 is 9.53 Å². The van der Waals surface area contributed by atoms with E-state index in [9.17, 15) is 4.79 Å². The molecule has 0 saturated heterocycles. The Morgan fingerprint density at radius 1 is 1.42 bits per heavy atom. The lowest BCUT2D eigenvalue weighted by atomic mass is 9.99. The average Bonchev–Trinajstić information content (AvgIpc) is 3.07. The van der Waals surface area contributed by atoms with E-state index >= 15 is 0 Å². The van der Waals surface area contributed by atoms with E-state index in [1.165, 1.54) is 25.0 Å². The summed E-state index contributed by atoms with van der Waals surface area (Å²) < 4.78 is 5.11. The Morgan fingerprint density at radius 2 is 2.32 bits per heavy atom. The van der Waals surface area contributed by atoms with E-state index in [-0.39, 0.29) is 5.91 Å². The van der Waals surface area contributed by atoms with Gasteiger partial charge in [-0.15, -0.1) is 0 Å². The monoisotopic (exact) mass is 258 g/mol. The Bertz CT molecular complexity index is 525. The largest absolute Gasteiger partial charge is 0.497 e. The number of nitrogens with zero attached hydrogens (tertiary/aromatic N) is 1. The first kappa shape index (κ1) is 12.2. The molecular formula is C15H18N2O2. The van der Waals surface area contributed by atoms with Crippen LogP contribution in [-0.2, 0) is 0 Å². The van der Waals surface area contributed by atoms with Crippen LogP contribution in [0.3, 0.4) is 0 Å². The molecular weight excluding hydrogens is 240 g/mol. The van der Waals surface area contributed by atoms with E-state index in [2.05, 4.69) is 10.5 Å². The Balaban J connectivity index is 1.66. The summed E-state index contributed by atoms with van der Waals surface area (Å²) >= 11 is 0. The molecule has 100 valence electrons. The fourth-order valence-corrected chi connectivity index (χ4v) is 3.11. The van der Waals surface area contributed by atoms with Crippen molar-refractivity contribution in [1.82, 2.24) is 5.43 Å². The Morgan fingerprint density at radius 3 is 3.00 bits per heavy atom. The molecule has 2 fully saturated rings. The van der Waals surface area contributed by atoms with Gasteiger partial charge in [0.2, 0.25) is 0 Å². The molecule has 2 saturated carbocycles. The van der Waals surface area contributed by atoms with Crippen LogP contribution in [0.25, 0.3) is 0 Å². The molecule has 1 N–H and O–H groups in total. The molecule has 0 aromatic heterocycles. The minimum atomic E-state index is -0.172. The van der Waals surface area contributed by atoms with Gasteiger partial charge in [0, 0.05) is 11.3 Å². The molecule has 2 aliphatic carbocycles. The van der Waals surface area contributed by atoms with Gasteiger partial charge in [-0.1, -0.05) is 6.07 Å². The predicted octanol–water partition coefficient (Wildman–Crippen LogP) is 2.60. The van der Waals surface area contributed by atoms with E-state index in [1.807, 2.05) is 6.07 Å². The molecule has 0 unspecified atom stereocenters. The van der Waals surface area contributed by atoms with Gasteiger partial charge in [0.25, 0.3) is 5.91 Å². The third-order valence-corrected chi connectivity index (χ3v) is 4.14. The van der Waals surface area contributed by atoms with Gasteiger partial charge in [0.05, 0.1) is 7.11 Å². The van der Waals surface area contributed by atoms with Gasteiger partial charge in [-0.3, -0.25) is 4.79 Å². The number of hydrogen-bond acceptors (Lipinski definition) is 3. The van der Waals surface area contributed by atoms with Gasteiger partial charge in [0.1, 0.15) is 5.75 Å². The summed E-state index contributed by atoms with van der Waals surface area (Å²) in [5.74, 6) is 1.92. The maximum Gasteiger partial charge on any atom is 0.271 e. The van der Waals surface area contributed by atoms with Crippen LogP contribution in [0.2, 0.25) is 0 Å². The fraction of sp³-hybridized carbons (Fsp3) is 0.467. The molecule has 0 heterocycles. The van der Waals surface area contributed by atoms with Gasteiger partial charge in [-0.05, 0) is 55.7 Å². The topological polar surface area (TPSA) is 50.7 Å².